The molecule has 2 aromatic carbocycles. The van der Waals surface area contributed by atoms with Gasteiger partial charge in [0.1, 0.15) is 17.3 Å². The Morgan fingerprint density at radius 1 is 0.778 bits per heavy atom. The Kier molecular flexibility index (Phi) is 3.63. The average Bonchev–Trinajstić information content (AvgIpc) is 2.35. The summed E-state index contributed by atoms with van der Waals surface area (Å²) in [5, 5.41) is 19.2. The Hall–Kier alpha value is -2.29. The molecule has 0 aromatic heterocycles. The summed E-state index contributed by atoms with van der Waals surface area (Å²) in [7, 11) is 0. The van der Waals surface area contributed by atoms with Crippen LogP contribution < -0.4 is 0 Å². The summed E-state index contributed by atoms with van der Waals surface area (Å²) in [6.07, 6.45) is 0.335. The summed E-state index contributed by atoms with van der Waals surface area (Å²) in [4.78, 5) is 11.9. The summed E-state index contributed by atoms with van der Waals surface area (Å²) in [5.74, 6) is 0.212. The highest BCUT2D eigenvalue weighted by Crippen LogP contribution is 2.20. The predicted molar refractivity (Wildman–Crippen MR) is 68.6 cm³/mol. The van der Waals surface area contributed by atoms with Crippen molar-refractivity contribution >= 4 is 5.78 Å². The maximum absolute atomic E-state index is 11.9. The second kappa shape index (κ2) is 5.36. The van der Waals surface area contributed by atoms with Gasteiger partial charge < -0.3 is 10.2 Å². The lowest BCUT2D eigenvalue weighted by Crippen LogP contribution is -2.06. The fourth-order valence-corrected chi connectivity index (χ4v) is 1.81. The molecule has 2 aromatic rings. The van der Waals surface area contributed by atoms with Crippen LogP contribution in [0.15, 0.2) is 48.5 Å². The summed E-state index contributed by atoms with van der Waals surface area (Å²) >= 11 is 0. The third kappa shape index (κ3) is 2.88. The normalized spacial score (nSPS) is 10.2. The zero-order valence-corrected chi connectivity index (χ0v) is 9.84. The number of rotatable bonds is 4. The van der Waals surface area contributed by atoms with E-state index in [0.717, 1.165) is 0 Å². The van der Waals surface area contributed by atoms with Crippen LogP contribution in [-0.4, -0.2) is 16.0 Å². The second-order valence-corrected chi connectivity index (χ2v) is 4.15. The molecule has 92 valence electrons. The molecule has 0 bridgehead atoms. The minimum Gasteiger partial charge on any atom is -0.508 e. The van der Waals surface area contributed by atoms with Gasteiger partial charge in [-0.15, -0.1) is 0 Å². The van der Waals surface area contributed by atoms with Crippen molar-refractivity contribution < 1.29 is 15.0 Å². The third-order valence-electron chi connectivity index (χ3n) is 2.76. The molecule has 2 rings (SSSR count). The monoisotopic (exact) mass is 242 g/mol. The van der Waals surface area contributed by atoms with E-state index in [2.05, 4.69) is 0 Å². The van der Waals surface area contributed by atoms with Crippen LogP contribution in [0.25, 0.3) is 0 Å². The average molecular weight is 242 g/mol. The van der Waals surface area contributed by atoms with Gasteiger partial charge in [-0.3, -0.25) is 4.79 Å². The molecular weight excluding hydrogens is 228 g/mol. The zero-order valence-electron chi connectivity index (χ0n) is 9.84. The van der Waals surface area contributed by atoms with Gasteiger partial charge in [-0.2, -0.15) is 0 Å². The number of hydrogen-bond acceptors (Lipinski definition) is 3. The van der Waals surface area contributed by atoms with Crippen LogP contribution in [0.4, 0.5) is 0 Å². The predicted octanol–water partition coefficient (Wildman–Crippen LogP) is 2.45. The number of benzene rings is 2. The molecule has 0 aliphatic heterocycles. The maximum atomic E-state index is 11.9. The van der Waals surface area contributed by atoms with Crippen LogP contribution in [0.1, 0.15) is 11.1 Å². The number of ketones is 1. The van der Waals surface area contributed by atoms with Gasteiger partial charge in [0.25, 0.3) is 0 Å². The Balaban J connectivity index is 2.06. The molecular formula is C15H14O3. The summed E-state index contributed by atoms with van der Waals surface area (Å²) in [6, 6.07) is 13.5. The van der Waals surface area contributed by atoms with E-state index >= 15 is 0 Å². The van der Waals surface area contributed by atoms with E-state index in [9.17, 15) is 15.0 Å². The number of aromatic hydroxyl groups is 2. The lowest BCUT2D eigenvalue weighted by Gasteiger charge is -2.05. The number of Topliss-reactive ketones (excluding diaryl/α,β-unsaturated/α-hetero) is 1. The van der Waals surface area contributed by atoms with E-state index in [-0.39, 0.29) is 30.1 Å². The first kappa shape index (κ1) is 12.2. The highest BCUT2D eigenvalue weighted by molar-refractivity contribution is 5.84. The van der Waals surface area contributed by atoms with Crippen molar-refractivity contribution in [2.45, 2.75) is 12.8 Å². The SMILES string of the molecule is O=C(Cc1ccccc1O)Cc1ccccc1O. The highest BCUT2D eigenvalue weighted by atomic mass is 16.3. The van der Waals surface area contributed by atoms with Gasteiger partial charge in [0.05, 0.1) is 0 Å². The fraction of sp³-hybridized carbons (Fsp3) is 0.133. The molecule has 18 heavy (non-hydrogen) atoms. The lowest BCUT2D eigenvalue weighted by atomic mass is 10.0. The molecule has 2 N–H and O–H groups in total. The van der Waals surface area contributed by atoms with E-state index in [1.165, 1.54) is 0 Å². The molecule has 0 fully saturated rings. The van der Waals surface area contributed by atoms with E-state index in [1.54, 1.807) is 48.5 Å². The number of carbonyl (C=O) groups excluding carboxylic acids is 1. The Morgan fingerprint density at radius 3 is 1.56 bits per heavy atom. The number of carbonyl (C=O) groups is 1. The van der Waals surface area contributed by atoms with Crippen LogP contribution in [0.2, 0.25) is 0 Å². The van der Waals surface area contributed by atoms with Crippen molar-refractivity contribution in [1.82, 2.24) is 0 Å². The molecule has 0 heterocycles. The van der Waals surface area contributed by atoms with Gasteiger partial charge in [0, 0.05) is 24.0 Å². The van der Waals surface area contributed by atoms with Gasteiger partial charge in [-0.05, 0) is 12.1 Å². The molecule has 0 aliphatic rings. The van der Waals surface area contributed by atoms with E-state index < -0.39 is 0 Å². The van der Waals surface area contributed by atoms with Gasteiger partial charge in [0.15, 0.2) is 0 Å². The van der Waals surface area contributed by atoms with Crippen molar-refractivity contribution in [2.24, 2.45) is 0 Å². The Morgan fingerprint density at radius 2 is 1.17 bits per heavy atom. The summed E-state index contributed by atoms with van der Waals surface area (Å²) in [6.45, 7) is 0. The minimum absolute atomic E-state index is 0.0435. The summed E-state index contributed by atoms with van der Waals surface area (Å²) in [5.41, 5.74) is 1.22. The van der Waals surface area contributed by atoms with E-state index in [0.29, 0.717) is 11.1 Å². The Labute approximate surface area is 105 Å². The minimum atomic E-state index is -0.0435. The number of hydrogen-bond donors (Lipinski definition) is 2. The maximum Gasteiger partial charge on any atom is 0.141 e. The van der Waals surface area contributed by atoms with Crippen molar-refractivity contribution in [3.63, 3.8) is 0 Å². The fourth-order valence-electron chi connectivity index (χ4n) is 1.81. The van der Waals surface area contributed by atoms with Crippen molar-refractivity contribution in [2.75, 3.05) is 0 Å². The first-order chi connectivity index (χ1) is 8.66. The first-order valence-electron chi connectivity index (χ1n) is 5.72. The van der Waals surface area contributed by atoms with E-state index in [1.807, 2.05) is 0 Å². The molecule has 0 atom stereocenters. The topological polar surface area (TPSA) is 57.5 Å². The number of phenols is 2. The molecule has 0 spiro atoms. The molecule has 0 saturated heterocycles. The molecule has 0 unspecified atom stereocenters. The quantitative estimate of drug-likeness (QED) is 0.865. The third-order valence-corrected chi connectivity index (χ3v) is 2.76. The van der Waals surface area contributed by atoms with Crippen LogP contribution in [0.5, 0.6) is 11.5 Å². The molecule has 0 aliphatic carbocycles. The second-order valence-electron chi connectivity index (χ2n) is 4.15. The molecule has 0 saturated carbocycles. The summed E-state index contributed by atoms with van der Waals surface area (Å²) < 4.78 is 0. The largest absolute Gasteiger partial charge is 0.508 e. The molecule has 0 radical (unpaired) electrons. The van der Waals surface area contributed by atoms with E-state index in [4.69, 9.17) is 0 Å². The lowest BCUT2D eigenvalue weighted by molar-refractivity contribution is -0.117. The smallest absolute Gasteiger partial charge is 0.141 e. The Bertz CT molecular complexity index is 512. The van der Waals surface area contributed by atoms with Crippen molar-refractivity contribution in [1.29, 1.82) is 0 Å². The first-order valence-corrected chi connectivity index (χ1v) is 5.72. The highest BCUT2D eigenvalue weighted by Gasteiger charge is 2.10. The van der Waals surface area contributed by atoms with Crippen molar-refractivity contribution in [3.8, 4) is 11.5 Å². The van der Waals surface area contributed by atoms with Crippen LogP contribution in [0, 0.1) is 0 Å². The number of para-hydroxylation sites is 2. The van der Waals surface area contributed by atoms with Gasteiger partial charge in [-0.25, -0.2) is 0 Å². The van der Waals surface area contributed by atoms with Crippen LogP contribution in [0.3, 0.4) is 0 Å². The molecule has 3 heteroatoms. The van der Waals surface area contributed by atoms with Gasteiger partial charge >= 0.3 is 0 Å². The van der Waals surface area contributed by atoms with Crippen LogP contribution in [-0.2, 0) is 17.6 Å². The van der Waals surface area contributed by atoms with Gasteiger partial charge in [0.2, 0.25) is 0 Å². The standard InChI is InChI=1S/C15H14O3/c16-13(9-11-5-1-3-7-14(11)17)10-12-6-2-4-8-15(12)18/h1-8,17-18H,9-10H2. The van der Waals surface area contributed by atoms with Gasteiger partial charge in [-0.1, -0.05) is 36.4 Å². The molecule has 0 amide bonds. The van der Waals surface area contributed by atoms with Crippen molar-refractivity contribution in [3.05, 3.63) is 59.7 Å². The zero-order chi connectivity index (χ0) is 13.0. The molecule has 3 nitrogen and oxygen atoms in total. The van der Waals surface area contributed by atoms with Crippen LogP contribution >= 0.6 is 0 Å². The number of phenolic OH excluding ortho intramolecular Hbond substituents is 2.